The Balaban J connectivity index is 2.26. The van der Waals surface area contributed by atoms with Crippen molar-refractivity contribution in [3.63, 3.8) is 0 Å². The van der Waals surface area contributed by atoms with Crippen molar-refractivity contribution >= 4 is 34.2 Å². The highest BCUT2D eigenvalue weighted by molar-refractivity contribution is 14.1. The number of carbonyl (C=O) groups is 1. The Kier molecular flexibility index (Phi) is 4.38. The van der Waals surface area contributed by atoms with E-state index >= 15 is 0 Å². The Morgan fingerprint density at radius 2 is 1.89 bits per heavy atom. The van der Waals surface area contributed by atoms with Crippen LogP contribution in [0.2, 0.25) is 0 Å². The summed E-state index contributed by atoms with van der Waals surface area (Å²) in [6, 6.07) is 5.06. The molecule has 0 spiro atoms. The largest absolute Gasteiger partial charge is 0.478 e. The molecule has 1 saturated heterocycles. The molecule has 102 valence electrons. The predicted octanol–water partition coefficient (Wildman–Crippen LogP) is 3.74. The van der Waals surface area contributed by atoms with E-state index in [1.807, 2.05) is 4.90 Å². The smallest absolute Gasteiger partial charge is 0.337 e. The average molecular weight is 379 g/mol. The molecule has 0 aromatic heterocycles. The standard InChI is InChI=1S/C13H12F2INO2/c14-12(15)8-3-5-17(6-4-8)11-7-9(16)1-2-10(11)13(18)19/h1-2,7H,3-6H2,(H,18,19). The monoisotopic (exact) mass is 379 g/mol. The third-order valence-corrected chi connectivity index (χ3v) is 3.84. The Morgan fingerprint density at radius 3 is 2.42 bits per heavy atom. The molecule has 2 rings (SSSR count). The summed E-state index contributed by atoms with van der Waals surface area (Å²) >= 11 is 2.11. The minimum atomic E-state index is -1.60. The van der Waals surface area contributed by atoms with Crippen molar-refractivity contribution in [3.05, 3.63) is 39.0 Å². The molecule has 0 unspecified atom stereocenters. The molecule has 1 heterocycles. The normalized spacial score (nSPS) is 15.5. The number of anilines is 1. The molecule has 1 aliphatic heterocycles. The number of hydrogen-bond acceptors (Lipinski definition) is 2. The number of piperidine rings is 1. The summed E-state index contributed by atoms with van der Waals surface area (Å²) in [4.78, 5) is 13.0. The first-order valence-electron chi connectivity index (χ1n) is 5.80. The molecular weight excluding hydrogens is 367 g/mol. The average Bonchev–Trinajstić information content (AvgIpc) is 2.38. The number of halogens is 3. The highest BCUT2D eigenvalue weighted by Gasteiger charge is 2.21. The molecular formula is C13H12F2INO2. The summed E-state index contributed by atoms with van der Waals surface area (Å²) in [7, 11) is 0. The van der Waals surface area contributed by atoms with Gasteiger partial charge in [-0.15, -0.1) is 0 Å². The van der Waals surface area contributed by atoms with Gasteiger partial charge in [-0.25, -0.2) is 4.79 Å². The summed E-state index contributed by atoms with van der Waals surface area (Å²) in [5, 5.41) is 9.17. The zero-order chi connectivity index (χ0) is 14.0. The van der Waals surface area contributed by atoms with Crippen LogP contribution in [0.5, 0.6) is 0 Å². The van der Waals surface area contributed by atoms with Crippen LogP contribution in [0.15, 0.2) is 29.9 Å². The summed E-state index contributed by atoms with van der Waals surface area (Å²) < 4.78 is 25.9. The number of nitrogens with zero attached hydrogens (tertiary/aromatic N) is 1. The topological polar surface area (TPSA) is 40.5 Å². The number of hydrogen-bond donors (Lipinski definition) is 1. The number of carboxylic acids is 1. The Hall–Kier alpha value is -1.18. The van der Waals surface area contributed by atoms with E-state index in [4.69, 9.17) is 5.11 Å². The van der Waals surface area contributed by atoms with Crippen LogP contribution in [0.4, 0.5) is 14.5 Å². The molecule has 3 nitrogen and oxygen atoms in total. The lowest BCUT2D eigenvalue weighted by molar-refractivity contribution is 0.0697. The van der Waals surface area contributed by atoms with Crippen molar-refractivity contribution in [3.8, 4) is 0 Å². The van der Waals surface area contributed by atoms with Gasteiger partial charge in [-0.3, -0.25) is 0 Å². The zero-order valence-electron chi connectivity index (χ0n) is 10.00. The minimum absolute atomic E-state index is 0.179. The first kappa shape index (κ1) is 14.2. The van der Waals surface area contributed by atoms with Crippen LogP contribution in [0.1, 0.15) is 23.2 Å². The van der Waals surface area contributed by atoms with Gasteiger partial charge >= 0.3 is 5.97 Å². The molecule has 1 fully saturated rings. The lowest BCUT2D eigenvalue weighted by Gasteiger charge is -2.31. The van der Waals surface area contributed by atoms with Gasteiger partial charge in [0.2, 0.25) is 0 Å². The maximum Gasteiger partial charge on any atom is 0.337 e. The quantitative estimate of drug-likeness (QED) is 0.797. The summed E-state index contributed by atoms with van der Waals surface area (Å²) in [6.45, 7) is 0.847. The van der Waals surface area contributed by atoms with E-state index in [1.165, 1.54) is 0 Å². The zero-order valence-corrected chi connectivity index (χ0v) is 12.2. The van der Waals surface area contributed by atoms with Crippen molar-refractivity contribution in [1.29, 1.82) is 0 Å². The van der Waals surface area contributed by atoms with Gasteiger partial charge in [-0.2, -0.15) is 8.78 Å². The fourth-order valence-corrected chi connectivity index (χ4v) is 2.63. The summed E-state index contributed by atoms with van der Waals surface area (Å²) in [5.41, 5.74) is 1.00. The SMILES string of the molecule is O=C(O)c1ccc(I)cc1N1CCC(=C(F)F)CC1. The number of aromatic carboxylic acids is 1. The molecule has 0 radical (unpaired) electrons. The van der Waals surface area contributed by atoms with E-state index in [0.717, 1.165) is 3.57 Å². The maximum absolute atomic E-state index is 12.5. The fourth-order valence-electron chi connectivity index (χ4n) is 2.15. The van der Waals surface area contributed by atoms with Crippen molar-refractivity contribution in [2.45, 2.75) is 12.8 Å². The third-order valence-electron chi connectivity index (χ3n) is 3.17. The lowest BCUT2D eigenvalue weighted by Crippen LogP contribution is -2.32. The molecule has 0 atom stereocenters. The van der Waals surface area contributed by atoms with Gasteiger partial charge in [0.05, 0.1) is 11.3 Å². The van der Waals surface area contributed by atoms with Crippen LogP contribution in [0.25, 0.3) is 0 Å². The Labute approximate surface area is 123 Å². The summed E-state index contributed by atoms with van der Waals surface area (Å²) in [5.74, 6) is -0.996. The second-order valence-electron chi connectivity index (χ2n) is 4.32. The van der Waals surface area contributed by atoms with E-state index in [1.54, 1.807) is 18.2 Å². The number of benzene rings is 1. The van der Waals surface area contributed by atoms with Crippen molar-refractivity contribution < 1.29 is 18.7 Å². The van der Waals surface area contributed by atoms with Gasteiger partial charge in [-0.1, -0.05) is 0 Å². The van der Waals surface area contributed by atoms with Gasteiger partial charge in [0.1, 0.15) is 0 Å². The predicted molar refractivity (Wildman–Crippen MR) is 76.8 cm³/mol. The lowest BCUT2D eigenvalue weighted by atomic mass is 10.0. The van der Waals surface area contributed by atoms with Crippen LogP contribution in [-0.4, -0.2) is 24.2 Å². The van der Waals surface area contributed by atoms with E-state index in [2.05, 4.69) is 22.6 Å². The minimum Gasteiger partial charge on any atom is -0.478 e. The van der Waals surface area contributed by atoms with Crippen LogP contribution >= 0.6 is 22.6 Å². The molecule has 19 heavy (non-hydrogen) atoms. The van der Waals surface area contributed by atoms with Crippen molar-refractivity contribution in [1.82, 2.24) is 0 Å². The van der Waals surface area contributed by atoms with Gasteiger partial charge in [-0.05, 0) is 59.2 Å². The van der Waals surface area contributed by atoms with Crippen LogP contribution in [-0.2, 0) is 0 Å². The Morgan fingerprint density at radius 1 is 1.26 bits per heavy atom. The highest BCUT2D eigenvalue weighted by Crippen LogP contribution is 2.29. The molecule has 0 saturated carbocycles. The molecule has 0 aliphatic carbocycles. The molecule has 1 aromatic rings. The first-order chi connectivity index (χ1) is 8.99. The number of rotatable bonds is 2. The maximum atomic E-state index is 12.5. The van der Waals surface area contributed by atoms with E-state index in [0.29, 0.717) is 18.8 Å². The molecule has 0 amide bonds. The van der Waals surface area contributed by atoms with Gasteiger partial charge in [0.15, 0.2) is 0 Å². The first-order valence-corrected chi connectivity index (χ1v) is 6.87. The molecule has 1 aliphatic rings. The second kappa shape index (κ2) is 5.85. The summed E-state index contributed by atoms with van der Waals surface area (Å²) in [6.07, 6.45) is -1.03. The Bertz CT molecular complexity index is 531. The second-order valence-corrected chi connectivity index (χ2v) is 5.56. The number of carboxylic acid groups (broad SMARTS) is 1. The van der Waals surface area contributed by atoms with Crippen LogP contribution < -0.4 is 4.90 Å². The van der Waals surface area contributed by atoms with Crippen LogP contribution in [0.3, 0.4) is 0 Å². The molecule has 1 N–H and O–H groups in total. The van der Waals surface area contributed by atoms with Crippen LogP contribution in [0, 0.1) is 3.57 Å². The molecule has 1 aromatic carbocycles. The van der Waals surface area contributed by atoms with E-state index in [9.17, 15) is 13.6 Å². The molecule has 0 bridgehead atoms. The third kappa shape index (κ3) is 3.23. The van der Waals surface area contributed by atoms with E-state index < -0.39 is 12.0 Å². The fraction of sp³-hybridized carbons (Fsp3) is 0.308. The van der Waals surface area contributed by atoms with Gasteiger partial charge in [0, 0.05) is 16.7 Å². The molecule has 6 heteroatoms. The van der Waals surface area contributed by atoms with Gasteiger partial charge < -0.3 is 10.0 Å². The van der Waals surface area contributed by atoms with Crippen molar-refractivity contribution in [2.24, 2.45) is 0 Å². The van der Waals surface area contributed by atoms with Gasteiger partial charge in [0.25, 0.3) is 6.08 Å². The van der Waals surface area contributed by atoms with Crippen molar-refractivity contribution in [2.75, 3.05) is 18.0 Å². The van der Waals surface area contributed by atoms with E-state index in [-0.39, 0.29) is 24.0 Å². The highest BCUT2D eigenvalue weighted by atomic mass is 127.